The minimum atomic E-state index is -0.148. The number of rotatable bonds is 9. The zero-order valence-electron chi connectivity index (χ0n) is 18.9. The smallest absolute Gasteiger partial charge is 0.183 e. The molecule has 0 fully saturated rings. The Bertz CT molecular complexity index is 1210. The van der Waals surface area contributed by atoms with Gasteiger partial charge in [0.1, 0.15) is 23.8 Å². The number of carbonyl (C=O) groups excluding carboxylic acids is 1. The van der Waals surface area contributed by atoms with E-state index in [4.69, 9.17) is 14.2 Å². The topological polar surface area (TPSA) is 62.6 Å². The van der Waals surface area contributed by atoms with E-state index in [-0.39, 0.29) is 5.78 Å². The Hall–Kier alpha value is -4.06. The van der Waals surface area contributed by atoms with Gasteiger partial charge in [-0.15, -0.1) is 0 Å². The number of ether oxygens (including phenoxy) is 3. The summed E-state index contributed by atoms with van der Waals surface area (Å²) in [5, 5.41) is 4.65. The van der Waals surface area contributed by atoms with Crippen molar-refractivity contribution in [2.24, 2.45) is 0 Å². The van der Waals surface area contributed by atoms with Gasteiger partial charge in [0.15, 0.2) is 17.2 Å². The lowest BCUT2D eigenvalue weighted by Gasteiger charge is -2.12. The van der Waals surface area contributed by atoms with Crippen LogP contribution in [0.1, 0.15) is 28.5 Å². The molecule has 168 valence electrons. The molecule has 0 saturated heterocycles. The molecule has 0 N–H and O–H groups in total. The molecule has 0 spiro atoms. The van der Waals surface area contributed by atoms with Gasteiger partial charge in [0.2, 0.25) is 0 Å². The zero-order valence-corrected chi connectivity index (χ0v) is 18.9. The van der Waals surface area contributed by atoms with Gasteiger partial charge in [-0.25, -0.2) is 0 Å². The first kappa shape index (κ1) is 22.1. The average Bonchev–Trinajstić information content (AvgIpc) is 3.22. The largest absolute Gasteiger partial charge is 0.497 e. The second-order valence-electron chi connectivity index (χ2n) is 7.59. The van der Waals surface area contributed by atoms with Crippen LogP contribution in [0.15, 0.2) is 78.9 Å². The van der Waals surface area contributed by atoms with Gasteiger partial charge in [-0.05, 0) is 35.4 Å². The van der Waals surface area contributed by atoms with E-state index in [0.29, 0.717) is 24.6 Å². The summed E-state index contributed by atoms with van der Waals surface area (Å²) in [6, 6.07) is 25.3. The van der Waals surface area contributed by atoms with E-state index in [0.717, 1.165) is 33.9 Å². The summed E-state index contributed by atoms with van der Waals surface area (Å²) in [6.07, 6.45) is 0. The van der Waals surface area contributed by atoms with Crippen molar-refractivity contribution in [1.82, 2.24) is 9.78 Å². The molecule has 6 heteroatoms. The lowest BCUT2D eigenvalue weighted by molar-refractivity contribution is 0.100. The third kappa shape index (κ3) is 5.06. The average molecular weight is 443 g/mol. The summed E-state index contributed by atoms with van der Waals surface area (Å²) in [5.41, 5.74) is 4.01. The van der Waals surface area contributed by atoms with Gasteiger partial charge in [-0.3, -0.25) is 9.48 Å². The van der Waals surface area contributed by atoms with Crippen LogP contribution in [-0.2, 0) is 13.2 Å². The first-order valence-corrected chi connectivity index (χ1v) is 10.6. The molecule has 0 bridgehead atoms. The van der Waals surface area contributed by atoms with E-state index < -0.39 is 0 Å². The van der Waals surface area contributed by atoms with Gasteiger partial charge in [-0.2, -0.15) is 5.10 Å². The molecule has 0 aliphatic rings. The Morgan fingerprint density at radius 2 is 1.39 bits per heavy atom. The van der Waals surface area contributed by atoms with Gasteiger partial charge in [0.05, 0.1) is 20.8 Å². The molecule has 0 unspecified atom stereocenters. The molecule has 0 aliphatic heterocycles. The Kier molecular flexibility index (Phi) is 6.74. The fraction of sp³-hybridized carbons (Fsp3) is 0.185. The number of hydrogen-bond acceptors (Lipinski definition) is 5. The van der Waals surface area contributed by atoms with E-state index in [1.807, 2.05) is 83.5 Å². The number of hydrogen-bond donors (Lipinski definition) is 0. The minimum absolute atomic E-state index is 0.148. The third-order valence-corrected chi connectivity index (χ3v) is 5.32. The van der Waals surface area contributed by atoms with E-state index in [9.17, 15) is 4.79 Å². The summed E-state index contributed by atoms with van der Waals surface area (Å²) in [5.74, 6) is 1.90. The first-order chi connectivity index (χ1) is 16.1. The van der Waals surface area contributed by atoms with Crippen molar-refractivity contribution >= 4 is 5.78 Å². The highest BCUT2D eigenvalue weighted by molar-refractivity contribution is 5.97. The molecule has 0 saturated carbocycles. The molecule has 0 aliphatic carbocycles. The van der Waals surface area contributed by atoms with Gasteiger partial charge in [-0.1, -0.05) is 54.6 Å². The van der Waals surface area contributed by atoms with Crippen LogP contribution in [0.3, 0.4) is 0 Å². The number of carbonyl (C=O) groups is 1. The number of ketones is 1. The van der Waals surface area contributed by atoms with Crippen LogP contribution in [-0.4, -0.2) is 29.8 Å². The Morgan fingerprint density at radius 1 is 0.818 bits per heavy atom. The predicted octanol–water partition coefficient (Wildman–Crippen LogP) is 5.40. The molecule has 0 amide bonds. The highest BCUT2D eigenvalue weighted by atomic mass is 16.5. The molecule has 0 radical (unpaired) electrons. The van der Waals surface area contributed by atoms with Crippen LogP contribution in [0.25, 0.3) is 11.3 Å². The fourth-order valence-electron chi connectivity index (χ4n) is 3.58. The summed E-state index contributed by atoms with van der Waals surface area (Å²) in [4.78, 5) is 12.5. The molecular formula is C27H26N2O4. The Labute approximate surface area is 193 Å². The van der Waals surface area contributed by atoms with Gasteiger partial charge in [0.25, 0.3) is 0 Å². The maximum absolute atomic E-state index is 12.5. The van der Waals surface area contributed by atoms with Crippen LogP contribution in [0.5, 0.6) is 17.2 Å². The summed E-state index contributed by atoms with van der Waals surface area (Å²) in [7, 11) is 3.27. The molecule has 3 aromatic carbocycles. The molecule has 1 aromatic heterocycles. The van der Waals surface area contributed by atoms with Crippen molar-refractivity contribution in [3.8, 4) is 28.5 Å². The zero-order chi connectivity index (χ0) is 23.2. The second-order valence-corrected chi connectivity index (χ2v) is 7.59. The normalized spacial score (nSPS) is 10.6. The van der Waals surface area contributed by atoms with Gasteiger partial charge < -0.3 is 14.2 Å². The van der Waals surface area contributed by atoms with Gasteiger partial charge >= 0.3 is 0 Å². The summed E-state index contributed by atoms with van der Waals surface area (Å²) >= 11 is 0. The van der Waals surface area contributed by atoms with Crippen LogP contribution in [0, 0.1) is 0 Å². The van der Waals surface area contributed by atoms with Crippen molar-refractivity contribution in [3.63, 3.8) is 0 Å². The molecule has 0 atom stereocenters. The van der Waals surface area contributed by atoms with E-state index >= 15 is 0 Å². The van der Waals surface area contributed by atoms with E-state index in [1.54, 1.807) is 14.2 Å². The van der Waals surface area contributed by atoms with Crippen molar-refractivity contribution in [3.05, 3.63) is 95.7 Å². The monoisotopic (exact) mass is 442 g/mol. The standard InChI is InChI=1S/C27H26N2O4/c1-19(30)25-27(33-18-21-11-15-24(32-3)16-12-21)26(22-7-5-4-6-8-22)29(28-25)17-20-9-13-23(31-2)14-10-20/h4-16H,17-18H2,1-3H3. The van der Waals surface area contributed by atoms with Crippen molar-refractivity contribution in [1.29, 1.82) is 0 Å². The predicted molar refractivity (Wildman–Crippen MR) is 127 cm³/mol. The fourth-order valence-corrected chi connectivity index (χ4v) is 3.58. The number of methoxy groups -OCH3 is 2. The number of nitrogens with zero attached hydrogens (tertiary/aromatic N) is 2. The molecule has 4 rings (SSSR count). The Morgan fingerprint density at radius 3 is 1.94 bits per heavy atom. The van der Waals surface area contributed by atoms with Crippen molar-refractivity contribution in [2.75, 3.05) is 14.2 Å². The van der Waals surface area contributed by atoms with E-state index in [2.05, 4.69) is 5.10 Å². The molecule has 4 aromatic rings. The highest BCUT2D eigenvalue weighted by Gasteiger charge is 2.24. The van der Waals surface area contributed by atoms with Crippen LogP contribution >= 0.6 is 0 Å². The minimum Gasteiger partial charge on any atom is -0.497 e. The van der Waals surface area contributed by atoms with Crippen LogP contribution in [0.2, 0.25) is 0 Å². The van der Waals surface area contributed by atoms with Crippen molar-refractivity contribution in [2.45, 2.75) is 20.1 Å². The highest BCUT2D eigenvalue weighted by Crippen LogP contribution is 2.35. The van der Waals surface area contributed by atoms with Crippen LogP contribution < -0.4 is 14.2 Å². The maximum atomic E-state index is 12.5. The Balaban J connectivity index is 1.73. The number of benzene rings is 3. The maximum Gasteiger partial charge on any atom is 0.183 e. The molecule has 33 heavy (non-hydrogen) atoms. The molecule has 6 nitrogen and oxygen atoms in total. The van der Waals surface area contributed by atoms with Crippen LogP contribution in [0.4, 0.5) is 0 Å². The van der Waals surface area contributed by atoms with Crippen molar-refractivity contribution < 1.29 is 19.0 Å². The number of aromatic nitrogens is 2. The second kappa shape index (κ2) is 10.0. The lowest BCUT2D eigenvalue weighted by atomic mass is 10.1. The van der Waals surface area contributed by atoms with Gasteiger partial charge in [0, 0.05) is 12.5 Å². The van der Waals surface area contributed by atoms with E-state index in [1.165, 1.54) is 6.92 Å². The molecule has 1 heterocycles. The lowest BCUT2D eigenvalue weighted by Crippen LogP contribution is -2.05. The SMILES string of the molecule is COc1ccc(COc2c(C(C)=O)nn(Cc3ccc(OC)cc3)c2-c2ccccc2)cc1. The first-order valence-electron chi connectivity index (χ1n) is 10.6. The summed E-state index contributed by atoms with van der Waals surface area (Å²) < 4.78 is 18.6. The quantitative estimate of drug-likeness (QED) is 0.325. The number of Topliss-reactive ketones (excluding diaryl/α,β-unsaturated/α-hetero) is 1. The third-order valence-electron chi connectivity index (χ3n) is 5.32. The summed E-state index contributed by atoms with van der Waals surface area (Å²) in [6.45, 7) is 2.30. The molecular weight excluding hydrogens is 416 g/mol.